The summed E-state index contributed by atoms with van der Waals surface area (Å²) >= 11 is 0. The molecule has 126 valence electrons. The number of esters is 3. The largest absolute Gasteiger partial charge is 0.468 e. The molecule has 0 radical (unpaired) electrons. The number of rotatable bonds is 3. The van der Waals surface area contributed by atoms with Gasteiger partial charge in [-0.25, -0.2) is 4.79 Å². The van der Waals surface area contributed by atoms with Crippen LogP contribution in [0.1, 0.15) is 25.7 Å². The number of hydrogen-bond donors (Lipinski definition) is 0. The van der Waals surface area contributed by atoms with Crippen molar-refractivity contribution >= 4 is 17.9 Å². The van der Waals surface area contributed by atoms with Gasteiger partial charge in [0.15, 0.2) is 5.41 Å². The summed E-state index contributed by atoms with van der Waals surface area (Å²) < 4.78 is 14.5. The fraction of sp³-hybridized carbons (Fsp3) is 0.588. The van der Waals surface area contributed by atoms with Gasteiger partial charge in [0.2, 0.25) is 0 Å². The summed E-state index contributed by atoms with van der Waals surface area (Å²) in [5, 5.41) is 0. The lowest BCUT2D eigenvalue weighted by atomic mass is 9.83. The second-order valence-electron chi connectivity index (χ2n) is 6.13. The second kappa shape index (κ2) is 6.56. The van der Waals surface area contributed by atoms with Crippen molar-refractivity contribution in [3.63, 3.8) is 0 Å². The Morgan fingerprint density at radius 3 is 2.22 bits per heavy atom. The summed E-state index contributed by atoms with van der Waals surface area (Å²) in [6.07, 6.45) is 3.39. The normalized spacial score (nSPS) is 25.7. The van der Waals surface area contributed by atoms with E-state index in [2.05, 4.69) is 6.58 Å². The molecule has 0 aromatic rings. The summed E-state index contributed by atoms with van der Waals surface area (Å²) in [6.45, 7) is 4.07. The number of carbonyl (C=O) groups is 3. The second-order valence-corrected chi connectivity index (χ2v) is 6.13. The zero-order chi connectivity index (χ0) is 17.2. The van der Waals surface area contributed by atoms with Gasteiger partial charge in [0.1, 0.15) is 0 Å². The maximum absolute atomic E-state index is 12.3. The number of ether oxygens (including phenoxy) is 3. The van der Waals surface area contributed by atoms with E-state index in [4.69, 9.17) is 14.2 Å². The lowest BCUT2D eigenvalue weighted by molar-refractivity contribution is -0.169. The first kappa shape index (κ1) is 17.2. The third kappa shape index (κ3) is 2.90. The molecule has 0 spiro atoms. The van der Waals surface area contributed by atoms with Crippen molar-refractivity contribution in [1.82, 2.24) is 0 Å². The van der Waals surface area contributed by atoms with Crippen LogP contribution in [0.4, 0.5) is 0 Å². The van der Waals surface area contributed by atoms with Gasteiger partial charge >= 0.3 is 17.9 Å². The molecule has 2 aliphatic carbocycles. The van der Waals surface area contributed by atoms with E-state index in [1.807, 2.05) is 6.08 Å². The summed E-state index contributed by atoms with van der Waals surface area (Å²) in [5.74, 6) is -1.64. The number of hydrogen-bond acceptors (Lipinski definition) is 6. The molecule has 0 N–H and O–H groups in total. The maximum Gasteiger partial charge on any atom is 0.333 e. The smallest absolute Gasteiger partial charge is 0.333 e. The molecule has 0 aromatic carbocycles. The molecule has 2 rings (SSSR count). The van der Waals surface area contributed by atoms with Crippen LogP contribution in [0.15, 0.2) is 23.8 Å². The molecular formula is C17H22O6. The van der Waals surface area contributed by atoms with Crippen LogP contribution in [-0.2, 0) is 28.6 Å². The van der Waals surface area contributed by atoms with Crippen LogP contribution in [0.3, 0.4) is 0 Å². The van der Waals surface area contributed by atoms with Crippen molar-refractivity contribution < 1.29 is 28.6 Å². The monoisotopic (exact) mass is 322 g/mol. The van der Waals surface area contributed by atoms with Gasteiger partial charge in [-0.1, -0.05) is 18.2 Å². The standard InChI is InChI=1S/C17H22O6/c1-10-5-6-11(14(18)21-2)7-12-8-17(9-13(10)12,15(19)22-3)16(20)23-4/h6,12-13H,1,5,7-9H2,2-4H3. The van der Waals surface area contributed by atoms with Gasteiger partial charge in [-0.3, -0.25) is 9.59 Å². The Hall–Kier alpha value is -2.11. The molecule has 2 aliphatic rings. The van der Waals surface area contributed by atoms with Crippen molar-refractivity contribution in [1.29, 1.82) is 0 Å². The SMILES string of the molecule is C=C1CC=C(C(=O)OC)CC2CC(C(=O)OC)(C(=O)OC)CC12. The zero-order valence-electron chi connectivity index (χ0n) is 13.7. The van der Waals surface area contributed by atoms with Crippen LogP contribution < -0.4 is 0 Å². The summed E-state index contributed by atoms with van der Waals surface area (Å²) in [6, 6.07) is 0. The molecule has 1 saturated carbocycles. The van der Waals surface area contributed by atoms with Crippen molar-refractivity contribution in [3.05, 3.63) is 23.8 Å². The van der Waals surface area contributed by atoms with Gasteiger partial charge in [-0.05, 0) is 37.5 Å². The Bertz CT molecular complexity index is 558. The average molecular weight is 322 g/mol. The van der Waals surface area contributed by atoms with E-state index in [-0.39, 0.29) is 24.2 Å². The Morgan fingerprint density at radius 1 is 1.09 bits per heavy atom. The third-order valence-electron chi connectivity index (χ3n) is 4.97. The Labute approximate surface area is 135 Å². The lowest BCUT2D eigenvalue weighted by Gasteiger charge is -2.23. The molecule has 6 nitrogen and oxygen atoms in total. The van der Waals surface area contributed by atoms with Crippen LogP contribution in [0.2, 0.25) is 0 Å². The van der Waals surface area contributed by atoms with E-state index >= 15 is 0 Å². The number of carbonyl (C=O) groups excluding carboxylic acids is 3. The van der Waals surface area contributed by atoms with Gasteiger partial charge in [0.25, 0.3) is 0 Å². The predicted molar refractivity (Wildman–Crippen MR) is 81.2 cm³/mol. The van der Waals surface area contributed by atoms with E-state index in [0.717, 1.165) is 5.57 Å². The highest BCUT2D eigenvalue weighted by Crippen LogP contribution is 2.53. The molecule has 0 aliphatic heterocycles. The average Bonchev–Trinajstić information content (AvgIpc) is 2.89. The predicted octanol–water partition coefficient (Wildman–Crippen LogP) is 1.79. The van der Waals surface area contributed by atoms with Gasteiger partial charge in [-0.15, -0.1) is 0 Å². The van der Waals surface area contributed by atoms with Crippen LogP contribution in [0.25, 0.3) is 0 Å². The van der Waals surface area contributed by atoms with Crippen LogP contribution in [0, 0.1) is 17.3 Å². The van der Waals surface area contributed by atoms with Gasteiger partial charge in [0, 0.05) is 5.57 Å². The number of methoxy groups -OCH3 is 3. The molecule has 6 heteroatoms. The van der Waals surface area contributed by atoms with Gasteiger partial charge in [0.05, 0.1) is 21.3 Å². The molecule has 0 bridgehead atoms. The summed E-state index contributed by atoms with van der Waals surface area (Å²) in [5.41, 5.74) is 0.149. The number of fused-ring (bicyclic) bond motifs is 1. The number of allylic oxidation sites excluding steroid dienone is 2. The van der Waals surface area contributed by atoms with Crippen LogP contribution >= 0.6 is 0 Å². The van der Waals surface area contributed by atoms with E-state index in [1.54, 1.807) is 0 Å². The molecule has 0 heterocycles. The molecule has 0 aromatic heterocycles. The summed E-state index contributed by atoms with van der Waals surface area (Å²) in [4.78, 5) is 36.4. The van der Waals surface area contributed by atoms with Crippen LogP contribution in [0.5, 0.6) is 0 Å². The van der Waals surface area contributed by atoms with E-state index in [9.17, 15) is 14.4 Å². The topological polar surface area (TPSA) is 78.9 Å². The van der Waals surface area contributed by atoms with E-state index in [1.165, 1.54) is 21.3 Å². The van der Waals surface area contributed by atoms with Crippen molar-refractivity contribution in [3.8, 4) is 0 Å². The Morgan fingerprint density at radius 2 is 1.70 bits per heavy atom. The first-order valence-corrected chi connectivity index (χ1v) is 7.51. The molecule has 1 fully saturated rings. The highest BCUT2D eigenvalue weighted by Gasteiger charge is 2.58. The van der Waals surface area contributed by atoms with Gasteiger partial charge in [-0.2, -0.15) is 0 Å². The molecule has 0 amide bonds. The van der Waals surface area contributed by atoms with Crippen LogP contribution in [-0.4, -0.2) is 39.2 Å². The molecule has 2 atom stereocenters. The fourth-order valence-corrected chi connectivity index (χ4v) is 3.78. The minimum Gasteiger partial charge on any atom is -0.468 e. The first-order chi connectivity index (χ1) is 10.9. The quantitative estimate of drug-likeness (QED) is 0.341. The zero-order valence-corrected chi connectivity index (χ0v) is 13.7. The maximum atomic E-state index is 12.3. The highest BCUT2D eigenvalue weighted by atomic mass is 16.5. The molecule has 23 heavy (non-hydrogen) atoms. The minimum atomic E-state index is -1.32. The summed E-state index contributed by atoms with van der Waals surface area (Å²) in [7, 11) is 3.86. The lowest BCUT2D eigenvalue weighted by Crippen LogP contribution is -2.39. The van der Waals surface area contributed by atoms with E-state index < -0.39 is 17.4 Å². The molecule has 0 saturated heterocycles. The van der Waals surface area contributed by atoms with Crippen molar-refractivity contribution in [2.24, 2.45) is 17.3 Å². The highest BCUT2D eigenvalue weighted by molar-refractivity contribution is 6.00. The fourth-order valence-electron chi connectivity index (χ4n) is 3.78. The van der Waals surface area contributed by atoms with Crippen molar-refractivity contribution in [2.75, 3.05) is 21.3 Å². The van der Waals surface area contributed by atoms with Gasteiger partial charge < -0.3 is 14.2 Å². The van der Waals surface area contributed by atoms with E-state index in [0.29, 0.717) is 24.8 Å². The third-order valence-corrected chi connectivity index (χ3v) is 4.97. The minimum absolute atomic E-state index is 0.0355. The van der Waals surface area contributed by atoms with Crippen molar-refractivity contribution in [2.45, 2.75) is 25.7 Å². The molecular weight excluding hydrogens is 300 g/mol. The molecule has 2 unspecified atom stereocenters. The first-order valence-electron chi connectivity index (χ1n) is 7.51. The Kier molecular flexibility index (Phi) is 4.92. The Balaban J connectivity index is 2.35.